The quantitative estimate of drug-likeness (QED) is 0.741. The fraction of sp³-hybridized carbons (Fsp3) is 0.294. The van der Waals surface area contributed by atoms with Gasteiger partial charge in [-0.2, -0.15) is 0 Å². The van der Waals surface area contributed by atoms with Crippen LogP contribution in [0.2, 0.25) is 5.02 Å². The number of carbonyl (C=O) groups is 1. The number of aromatic nitrogens is 2. The molecular weight excluding hydrogens is 314 g/mol. The molecule has 0 spiro atoms. The molecule has 118 valence electrons. The number of hydrogen-bond donors (Lipinski definition) is 1. The third-order valence-electron chi connectivity index (χ3n) is 4.35. The van der Waals surface area contributed by atoms with E-state index in [2.05, 4.69) is 9.97 Å². The first kappa shape index (κ1) is 14.3. The van der Waals surface area contributed by atoms with Crippen molar-refractivity contribution >= 4 is 28.4 Å². The van der Waals surface area contributed by atoms with Crippen LogP contribution in [-0.4, -0.2) is 27.3 Å². The van der Waals surface area contributed by atoms with Gasteiger partial charge in [0.2, 0.25) is 0 Å². The lowest BCUT2D eigenvalue weighted by Crippen LogP contribution is -2.36. The third kappa shape index (κ3) is 2.23. The Labute approximate surface area is 138 Å². The van der Waals surface area contributed by atoms with Gasteiger partial charge in [0, 0.05) is 43.1 Å². The van der Waals surface area contributed by atoms with E-state index in [0.29, 0.717) is 35.5 Å². The van der Waals surface area contributed by atoms with E-state index < -0.39 is 0 Å². The van der Waals surface area contributed by atoms with E-state index in [1.807, 2.05) is 23.1 Å². The highest BCUT2D eigenvalue weighted by Crippen LogP contribution is 2.32. The fourth-order valence-electron chi connectivity index (χ4n) is 3.25. The van der Waals surface area contributed by atoms with Crippen LogP contribution in [0.5, 0.6) is 0 Å². The Morgan fingerprint density at radius 3 is 2.96 bits per heavy atom. The highest BCUT2D eigenvalue weighted by molar-refractivity contribution is 6.35. The van der Waals surface area contributed by atoms with E-state index in [4.69, 9.17) is 16.0 Å². The van der Waals surface area contributed by atoms with E-state index in [1.165, 1.54) is 0 Å². The lowest BCUT2D eigenvalue weighted by atomic mass is 10.0. The lowest BCUT2D eigenvalue weighted by Gasteiger charge is -2.26. The molecule has 0 radical (unpaired) electrons. The van der Waals surface area contributed by atoms with Crippen LogP contribution in [0.1, 0.15) is 33.4 Å². The Morgan fingerprint density at radius 2 is 2.22 bits per heavy atom. The number of aromatic amines is 1. The van der Waals surface area contributed by atoms with Gasteiger partial charge in [0.25, 0.3) is 5.91 Å². The first-order chi connectivity index (χ1) is 11.0. The van der Waals surface area contributed by atoms with Gasteiger partial charge in [0.1, 0.15) is 5.76 Å². The van der Waals surface area contributed by atoms with Crippen molar-refractivity contribution in [3.8, 4) is 0 Å². The number of halogens is 1. The maximum Gasteiger partial charge on any atom is 0.276 e. The molecule has 0 bridgehead atoms. The normalized spacial score (nSPS) is 14.3. The molecule has 0 saturated carbocycles. The number of rotatable bonds is 1. The molecule has 0 fully saturated rings. The average Bonchev–Trinajstić information content (AvgIpc) is 3.07. The van der Waals surface area contributed by atoms with Gasteiger partial charge in [-0.05, 0) is 13.0 Å². The average molecular weight is 330 g/mol. The van der Waals surface area contributed by atoms with Crippen molar-refractivity contribution in [1.82, 2.24) is 14.9 Å². The molecule has 0 unspecified atom stereocenters. The zero-order valence-corrected chi connectivity index (χ0v) is 13.7. The third-order valence-corrected chi connectivity index (χ3v) is 4.67. The SMILES string of the molecule is Cc1nc(C(=O)N2CCc3[nH]c4c(Cl)cccc4c3C2)c(C)o1. The summed E-state index contributed by atoms with van der Waals surface area (Å²) in [5.41, 5.74) is 3.65. The molecular formula is C17H16ClN3O2. The molecule has 2 aromatic heterocycles. The number of H-pyrrole nitrogens is 1. The Kier molecular flexibility index (Phi) is 3.20. The molecule has 1 aliphatic heterocycles. The van der Waals surface area contributed by atoms with Crippen molar-refractivity contribution < 1.29 is 9.21 Å². The van der Waals surface area contributed by atoms with Crippen LogP contribution < -0.4 is 0 Å². The predicted molar refractivity (Wildman–Crippen MR) is 87.7 cm³/mol. The van der Waals surface area contributed by atoms with Crippen molar-refractivity contribution in [3.05, 3.63) is 51.8 Å². The van der Waals surface area contributed by atoms with Gasteiger partial charge >= 0.3 is 0 Å². The molecule has 0 atom stereocenters. The number of para-hydroxylation sites is 1. The summed E-state index contributed by atoms with van der Waals surface area (Å²) in [7, 11) is 0. The van der Waals surface area contributed by atoms with Crippen molar-refractivity contribution in [1.29, 1.82) is 0 Å². The maximum atomic E-state index is 12.7. The van der Waals surface area contributed by atoms with Crippen LogP contribution >= 0.6 is 11.6 Å². The molecule has 0 aliphatic carbocycles. The Hall–Kier alpha value is -2.27. The van der Waals surface area contributed by atoms with Gasteiger partial charge < -0.3 is 14.3 Å². The second-order valence-corrected chi connectivity index (χ2v) is 6.27. The molecule has 23 heavy (non-hydrogen) atoms. The summed E-state index contributed by atoms with van der Waals surface area (Å²) in [5.74, 6) is 1.00. The van der Waals surface area contributed by atoms with Gasteiger partial charge in [0.15, 0.2) is 11.6 Å². The van der Waals surface area contributed by atoms with Crippen LogP contribution in [0.4, 0.5) is 0 Å². The van der Waals surface area contributed by atoms with Crippen LogP contribution in [0.25, 0.3) is 10.9 Å². The van der Waals surface area contributed by atoms with Crippen LogP contribution in [0.15, 0.2) is 22.6 Å². The summed E-state index contributed by atoms with van der Waals surface area (Å²) in [6.07, 6.45) is 0.780. The number of fused-ring (bicyclic) bond motifs is 3. The van der Waals surface area contributed by atoms with Gasteiger partial charge in [-0.25, -0.2) is 4.98 Å². The Balaban J connectivity index is 1.71. The number of amides is 1. The predicted octanol–water partition coefficient (Wildman–Crippen LogP) is 3.62. The maximum absolute atomic E-state index is 12.7. The summed E-state index contributed by atoms with van der Waals surface area (Å²) in [6.45, 7) is 4.73. The topological polar surface area (TPSA) is 62.1 Å². The number of hydrogen-bond acceptors (Lipinski definition) is 3. The minimum atomic E-state index is -0.0821. The standard InChI is InChI=1S/C17H16ClN3O2/c1-9-15(19-10(2)23-9)17(22)21-7-6-14-12(8-21)11-4-3-5-13(18)16(11)20-14/h3-5,20H,6-8H2,1-2H3. The monoisotopic (exact) mass is 329 g/mol. The van der Waals surface area contributed by atoms with Crippen molar-refractivity contribution in [3.63, 3.8) is 0 Å². The zero-order chi connectivity index (χ0) is 16.1. The number of carbonyl (C=O) groups excluding carboxylic acids is 1. The van der Waals surface area contributed by atoms with E-state index in [9.17, 15) is 4.79 Å². The highest BCUT2D eigenvalue weighted by atomic mass is 35.5. The summed E-state index contributed by atoms with van der Waals surface area (Å²) in [6, 6.07) is 5.84. The number of oxazole rings is 1. The summed E-state index contributed by atoms with van der Waals surface area (Å²) >= 11 is 6.26. The molecule has 6 heteroatoms. The summed E-state index contributed by atoms with van der Waals surface area (Å²) < 4.78 is 5.38. The number of nitrogens with one attached hydrogen (secondary N) is 1. The van der Waals surface area contributed by atoms with Gasteiger partial charge in [-0.1, -0.05) is 23.7 Å². The zero-order valence-electron chi connectivity index (χ0n) is 12.9. The highest BCUT2D eigenvalue weighted by Gasteiger charge is 2.28. The smallest absolute Gasteiger partial charge is 0.276 e. The minimum absolute atomic E-state index is 0.0821. The lowest BCUT2D eigenvalue weighted by molar-refractivity contribution is 0.0728. The van der Waals surface area contributed by atoms with Gasteiger partial charge in [0.05, 0.1) is 10.5 Å². The Bertz CT molecular complexity index is 925. The Morgan fingerprint density at radius 1 is 1.39 bits per heavy atom. The molecule has 3 heterocycles. The first-order valence-electron chi connectivity index (χ1n) is 7.56. The second-order valence-electron chi connectivity index (χ2n) is 5.86. The second kappa shape index (κ2) is 5.13. The van der Waals surface area contributed by atoms with Crippen LogP contribution in [0, 0.1) is 13.8 Å². The molecule has 1 aromatic carbocycles. The van der Waals surface area contributed by atoms with Crippen molar-refractivity contribution in [2.75, 3.05) is 6.54 Å². The fourth-order valence-corrected chi connectivity index (χ4v) is 3.47. The van der Waals surface area contributed by atoms with E-state index in [0.717, 1.165) is 28.6 Å². The van der Waals surface area contributed by atoms with E-state index >= 15 is 0 Å². The largest absolute Gasteiger partial charge is 0.445 e. The van der Waals surface area contributed by atoms with Gasteiger partial charge in [-0.15, -0.1) is 0 Å². The molecule has 1 N–H and O–H groups in total. The van der Waals surface area contributed by atoms with E-state index in [1.54, 1.807) is 13.8 Å². The molecule has 3 aromatic rings. The van der Waals surface area contributed by atoms with Crippen LogP contribution in [-0.2, 0) is 13.0 Å². The summed E-state index contributed by atoms with van der Waals surface area (Å²) in [5, 5.41) is 1.79. The number of aryl methyl sites for hydroxylation is 2. The minimum Gasteiger partial charge on any atom is -0.445 e. The molecule has 4 rings (SSSR count). The van der Waals surface area contributed by atoms with Crippen molar-refractivity contribution in [2.24, 2.45) is 0 Å². The number of benzene rings is 1. The first-order valence-corrected chi connectivity index (χ1v) is 7.93. The molecule has 5 nitrogen and oxygen atoms in total. The molecule has 1 amide bonds. The summed E-state index contributed by atoms with van der Waals surface area (Å²) in [4.78, 5) is 22.2. The molecule has 0 saturated heterocycles. The van der Waals surface area contributed by atoms with Gasteiger partial charge in [-0.3, -0.25) is 4.79 Å². The van der Waals surface area contributed by atoms with Crippen molar-refractivity contribution in [2.45, 2.75) is 26.8 Å². The van der Waals surface area contributed by atoms with E-state index in [-0.39, 0.29) is 5.91 Å². The molecule has 1 aliphatic rings. The van der Waals surface area contributed by atoms with Crippen LogP contribution in [0.3, 0.4) is 0 Å². The number of nitrogens with zero attached hydrogens (tertiary/aromatic N) is 2.